The number of anilines is 2. The minimum atomic E-state index is -3.81. The molecular weight excluding hydrogens is 632 g/mol. The van der Waals surface area contributed by atoms with Crippen LogP contribution in [0.25, 0.3) is 10.8 Å². The predicted octanol–water partition coefficient (Wildman–Crippen LogP) is 6.01. The van der Waals surface area contributed by atoms with Crippen LogP contribution in [0.1, 0.15) is 64.3 Å². The third-order valence-corrected chi connectivity index (χ3v) is 10.7. The molecule has 2 unspecified atom stereocenters. The predicted molar refractivity (Wildman–Crippen MR) is 185 cm³/mol. The maximum absolute atomic E-state index is 14.9. The van der Waals surface area contributed by atoms with Crippen LogP contribution >= 0.6 is 0 Å². The normalized spacial score (nSPS) is 17.1. The molecule has 1 aliphatic rings. The van der Waals surface area contributed by atoms with E-state index in [-0.39, 0.29) is 29.5 Å². The number of carboxylic acid groups (broad SMARTS) is 1. The Morgan fingerprint density at radius 1 is 1.04 bits per heavy atom. The molecule has 5 rings (SSSR count). The van der Waals surface area contributed by atoms with E-state index < -0.39 is 45.0 Å². The molecule has 1 aromatic heterocycles. The quantitative estimate of drug-likeness (QED) is 0.162. The van der Waals surface area contributed by atoms with Gasteiger partial charge >= 0.3 is 5.97 Å². The van der Waals surface area contributed by atoms with E-state index >= 15 is 0 Å². The van der Waals surface area contributed by atoms with E-state index in [1.807, 2.05) is 39.0 Å². The van der Waals surface area contributed by atoms with Crippen molar-refractivity contribution in [3.05, 3.63) is 84.1 Å². The van der Waals surface area contributed by atoms with Gasteiger partial charge in [0.25, 0.3) is 0 Å². The van der Waals surface area contributed by atoms with Crippen molar-refractivity contribution in [2.75, 3.05) is 24.2 Å². The first kappa shape index (κ1) is 34.5. The molecule has 0 aliphatic carbocycles. The summed E-state index contributed by atoms with van der Waals surface area (Å²) in [6, 6.07) is 16.9. The maximum Gasteiger partial charge on any atom is 0.309 e. The lowest BCUT2D eigenvalue weighted by Crippen LogP contribution is -2.40. The lowest BCUT2D eigenvalue weighted by Gasteiger charge is -2.33. The third kappa shape index (κ3) is 6.89. The molecule has 3 aromatic carbocycles. The second kappa shape index (κ2) is 14.1. The topological polar surface area (TPSA) is 161 Å². The summed E-state index contributed by atoms with van der Waals surface area (Å²) in [6.45, 7) is 9.29. The Kier molecular flexibility index (Phi) is 10.1. The Labute approximate surface area is 281 Å². The van der Waals surface area contributed by atoms with Gasteiger partial charge in [0.1, 0.15) is 11.9 Å². The molecular formula is C36H42N4O7S. The summed E-state index contributed by atoms with van der Waals surface area (Å²) in [4.78, 5) is 33.2. The standard InChI is InChI=1S/C36H42N4O7S/c1-6-46-30-20-24(11-14-29(30)47-21(2)3)32(39-25-12-13-26-23(19-25)15-17-38-34(26)37)35(41)40-18-16-28(36(42)43)33(40)27-9-7-8-10-31(27)48(44,45)22(4)5/h7-15,17,19-22,28,32-33,39H,6,16,18H2,1-5H3,(H2,37,38)(H,42,43)/t28?,32?,33-/m0/s1. The number of amides is 1. The lowest BCUT2D eigenvalue weighted by molar-refractivity contribution is -0.143. The van der Waals surface area contributed by atoms with Gasteiger partial charge in [-0.15, -0.1) is 0 Å². The number of nitrogens with zero attached hydrogens (tertiary/aromatic N) is 2. The summed E-state index contributed by atoms with van der Waals surface area (Å²) < 4.78 is 38.9. The van der Waals surface area contributed by atoms with Crippen LogP contribution in [-0.2, 0) is 19.4 Å². The minimum absolute atomic E-state index is 0.0232. The zero-order valence-electron chi connectivity index (χ0n) is 27.7. The second-order valence-corrected chi connectivity index (χ2v) is 14.8. The van der Waals surface area contributed by atoms with E-state index in [4.69, 9.17) is 15.2 Å². The van der Waals surface area contributed by atoms with E-state index in [9.17, 15) is 23.1 Å². The number of rotatable bonds is 12. The number of nitrogens with one attached hydrogen (secondary N) is 1. The fourth-order valence-electron chi connectivity index (χ4n) is 6.16. The van der Waals surface area contributed by atoms with Gasteiger partial charge in [-0.25, -0.2) is 13.4 Å². The largest absolute Gasteiger partial charge is 0.490 e. The van der Waals surface area contributed by atoms with Gasteiger partial charge < -0.3 is 30.5 Å². The molecule has 12 heteroatoms. The molecule has 4 N–H and O–H groups in total. The number of aromatic nitrogens is 1. The van der Waals surface area contributed by atoms with Gasteiger partial charge in [-0.1, -0.05) is 24.3 Å². The fraction of sp³-hybridized carbons (Fsp3) is 0.361. The van der Waals surface area contributed by atoms with Crippen LogP contribution in [0.3, 0.4) is 0 Å². The summed E-state index contributed by atoms with van der Waals surface area (Å²) in [5.74, 6) is -1.19. The number of nitrogens with two attached hydrogens (primary N) is 1. The molecule has 1 aliphatic heterocycles. The van der Waals surface area contributed by atoms with Crippen LogP contribution in [0.5, 0.6) is 11.5 Å². The van der Waals surface area contributed by atoms with Crippen molar-refractivity contribution in [2.45, 2.75) is 69.4 Å². The molecule has 0 radical (unpaired) electrons. The molecule has 254 valence electrons. The number of carbonyl (C=O) groups is 2. The molecule has 48 heavy (non-hydrogen) atoms. The average molecular weight is 675 g/mol. The van der Waals surface area contributed by atoms with Crippen molar-refractivity contribution in [1.29, 1.82) is 0 Å². The number of hydrogen-bond acceptors (Lipinski definition) is 9. The van der Waals surface area contributed by atoms with Crippen LogP contribution in [0.4, 0.5) is 11.5 Å². The molecule has 0 saturated carbocycles. The SMILES string of the molecule is CCOc1cc(C(Nc2ccc3c(N)nccc3c2)C(=O)N2CCC(C(=O)O)[C@@H]2c2ccccc2S(=O)(=O)C(C)C)ccc1OC(C)C. The minimum Gasteiger partial charge on any atom is -0.490 e. The summed E-state index contributed by atoms with van der Waals surface area (Å²) in [5.41, 5.74) is 7.53. The summed E-state index contributed by atoms with van der Waals surface area (Å²) >= 11 is 0. The van der Waals surface area contributed by atoms with Crippen molar-refractivity contribution in [3.63, 3.8) is 0 Å². The first-order chi connectivity index (χ1) is 22.8. The van der Waals surface area contributed by atoms with Gasteiger partial charge in [-0.05, 0) is 100 Å². The highest BCUT2D eigenvalue weighted by atomic mass is 32.2. The molecule has 1 fully saturated rings. The second-order valence-electron chi connectivity index (χ2n) is 12.4. The zero-order valence-corrected chi connectivity index (χ0v) is 28.5. The number of sulfone groups is 1. The average Bonchev–Trinajstić information content (AvgIpc) is 3.50. The third-order valence-electron chi connectivity index (χ3n) is 8.48. The lowest BCUT2D eigenvalue weighted by atomic mass is 9.93. The number of pyridine rings is 1. The van der Waals surface area contributed by atoms with Gasteiger partial charge in [0.15, 0.2) is 21.3 Å². The smallest absolute Gasteiger partial charge is 0.309 e. The van der Waals surface area contributed by atoms with E-state index in [0.29, 0.717) is 35.2 Å². The van der Waals surface area contributed by atoms with Crippen LogP contribution in [0.2, 0.25) is 0 Å². The van der Waals surface area contributed by atoms with Gasteiger partial charge in [-0.3, -0.25) is 9.59 Å². The summed E-state index contributed by atoms with van der Waals surface area (Å²) in [7, 11) is -3.81. The van der Waals surface area contributed by atoms with E-state index in [0.717, 1.165) is 10.8 Å². The first-order valence-electron chi connectivity index (χ1n) is 16.0. The van der Waals surface area contributed by atoms with E-state index in [2.05, 4.69) is 10.3 Å². The Morgan fingerprint density at radius 3 is 2.48 bits per heavy atom. The van der Waals surface area contributed by atoms with Crippen LogP contribution in [0, 0.1) is 5.92 Å². The van der Waals surface area contributed by atoms with Gasteiger partial charge in [0.05, 0.1) is 34.8 Å². The number of aliphatic carboxylic acids is 1. The van der Waals surface area contributed by atoms with E-state index in [1.54, 1.807) is 62.5 Å². The number of fused-ring (bicyclic) bond motifs is 1. The molecule has 0 bridgehead atoms. The van der Waals surface area contributed by atoms with Gasteiger partial charge in [0.2, 0.25) is 5.91 Å². The van der Waals surface area contributed by atoms with Crippen LogP contribution in [0.15, 0.2) is 77.8 Å². The molecule has 2 heterocycles. The first-order valence-corrected chi connectivity index (χ1v) is 17.6. The molecule has 1 saturated heterocycles. The maximum atomic E-state index is 14.9. The summed E-state index contributed by atoms with van der Waals surface area (Å²) in [5, 5.41) is 14.5. The van der Waals surface area contributed by atoms with Crippen molar-refractivity contribution < 1.29 is 32.6 Å². The van der Waals surface area contributed by atoms with Crippen molar-refractivity contribution in [1.82, 2.24) is 9.88 Å². The highest BCUT2D eigenvalue weighted by Gasteiger charge is 2.46. The molecule has 11 nitrogen and oxygen atoms in total. The van der Waals surface area contributed by atoms with Crippen LogP contribution in [-0.4, -0.2) is 59.8 Å². The number of carboxylic acids is 1. The number of benzene rings is 3. The molecule has 3 atom stereocenters. The Hall–Kier alpha value is -4.84. The summed E-state index contributed by atoms with van der Waals surface area (Å²) in [6.07, 6.45) is 1.64. The zero-order chi connectivity index (χ0) is 34.7. The number of carbonyl (C=O) groups excluding carboxylic acids is 1. The molecule has 4 aromatic rings. The molecule has 1 amide bonds. The Balaban J connectivity index is 1.64. The number of nitrogen functional groups attached to an aromatic ring is 1. The highest BCUT2D eigenvalue weighted by molar-refractivity contribution is 7.92. The molecule has 0 spiro atoms. The highest BCUT2D eigenvalue weighted by Crippen LogP contribution is 2.43. The number of hydrogen-bond donors (Lipinski definition) is 3. The van der Waals surface area contributed by atoms with Gasteiger partial charge in [0, 0.05) is 23.8 Å². The van der Waals surface area contributed by atoms with Crippen molar-refractivity contribution >= 4 is 44.0 Å². The monoisotopic (exact) mass is 674 g/mol. The fourth-order valence-corrected chi connectivity index (χ4v) is 7.45. The van der Waals surface area contributed by atoms with Gasteiger partial charge in [-0.2, -0.15) is 0 Å². The van der Waals surface area contributed by atoms with E-state index in [1.165, 1.54) is 11.0 Å². The Bertz CT molecular complexity index is 1930. The Morgan fingerprint density at radius 2 is 1.79 bits per heavy atom. The van der Waals surface area contributed by atoms with Crippen molar-refractivity contribution in [3.8, 4) is 11.5 Å². The van der Waals surface area contributed by atoms with Crippen molar-refractivity contribution in [2.24, 2.45) is 5.92 Å². The number of likely N-dealkylation sites (tertiary alicyclic amines) is 1. The van der Waals surface area contributed by atoms with Crippen LogP contribution < -0.4 is 20.5 Å². The number of ether oxygens (including phenoxy) is 2.